The van der Waals surface area contributed by atoms with E-state index in [2.05, 4.69) is 11.8 Å². The minimum Gasteiger partial charge on any atom is -0.384 e. The van der Waals surface area contributed by atoms with Crippen LogP contribution in [0, 0.1) is 17.7 Å². The van der Waals surface area contributed by atoms with Gasteiger partial charge in [0.15, 0.2) is 0 Å². The third-order valence-electron chi connectivity index (χ3n) is 3.14. The zero-order valence-electron chi connectivity index (χ0n) is 10.7. The molecule has 1 fully saturated rings. The van der Waals surface area contributed by atoms with E-state index in [4.69, 9.17) is 5.11 Å². The summed E-state index contributed by atoms with van der Waals surface area (Å²) in [6.07, 6.45) is 3.40. The summed E-state index contributed by atoms with van der Waals surface area (Å²) >= 11 is 0. The number of anilines is 1. The lowest BCUT2D eigenvalue weighted by molar-refractivity contribution is -0.118. The van der Waals surface area contributed by atoms with Crippen LogP contribution in [-0.4, -0.2) is 24.2 Å². The maximum atomic E-state index is 13.8. The lowest BCUT2D eigenvalue weighted by Crippen LogP contribution is -2.30. The van der Waals surface area contributed by atoms with Crippen LogP contribution < -0.4 is 4.90 Å². The first-order chi connectivity index (χ1) is 9.22. The second kappa shape index (κ2) is 6.35. The third kappa shape index (κ3) is 3.33. The summed E-state index contributed by atoms with van der Waals surface area (Å²) in [7, 11) is 0. The van der Waals surface area contributed by atoms with Crippen LogP contribution in [0.15, 0.2) is 18.2 Å². The van der Waals surface area contributed by atoms with Crippen LogP contribution in [0.2, 0.25) is 0 Å². The standard InChI is InChI=1S/C15H16FNO2/c16-14-11-13(8-7-12(14)5-4-10-18)17-9-3-1-2-6-15(17)19/h7-8,11,18H,1-3,6,9-10H2. The number of hydrogen-bond donors (Lipinski definition) is 1. The fraction of sp³-hybridized carbons (Fsp3) is 0.400. The van der Waals surface area contributed by atoms with Gasteiger partial charge in [0.25, 0.3) is 0 Å². The molecule has 0 atom stereocenters. The molecular formula is C15H16FNO2. The Labute approximate surface area is 112 Å². The van der Waals surface area contributed by atoms with Crippen molar-refractivity contribution in [2.45, 2.75) is 25.7 Å². The van der Waals surface area contributed by atoms with Crippen LogP contribution in [0.5, 0.6) is 0 Å². The molecule has 19 heavy (non-hydrogen) atoms. The van der Waals surface area contributed by atoms with Crippen molar-refractivity contribution in [2.24, 2.45) is 0 Å². The zero-order chi connectivity index (χ0) is 13.7. The van der Waals surface area contributed by atoms with E-state index in [9.17, 15) is 9.18 Å². The van der Waals surface area contributed by atoms with Gasteiger partial charge in [-0.1, -0.05) is 18.3 Å². The second-order valence-corrected chi connectivity index (χ2v) is 4.48. The van der Waals surface area contributed by atoms with Gasteiger partial charge in [0, 0.05) is 18.7 Å². The van der Waals surface area contributed by atoms with Crippen molar-refractivity contribution in [3.63, 3.8) is 0 Å². The highest BCUT2D eigenvalue weighted by atomic mass is 19.1. The van der Waals surface area contributed by atoms with Gasteiger partial charge in [-0.15, -0.1) is 0 Å². The van der Waals surface area contributed by atoms with E-state index in [-0.39, 0.29) is 18.1 Å². The van der Waals surface area contributed by atoms with E-state index in [1.54, 1.807) is 17.0 Å². The molecule has 1 saturated heterocycles. The number of aliphatic hydroxyl groups is 1. The quantitative estimate of drug-likeness (QED) is 0.786. The van der Waals surface area contributed by atoms with Gasteiger partial charge >= 0.3 is 0 Å². The summed E-state index contributed by atoms with van der Waals surface area (Å²) in [4.78, 5) is 13.6. The maximum Gasteiger partial charge on any atom is 0.226 e. The fourth-order valence-electron chi connectivity index (χ4n) is 2.16. The van der Waals surface area contributed by atoms with Crippen molar-refractivity contribution in [1.82, 2.24) is 0 Å². The molecule has 0 saturated carbocycles. The normalized spacial score (nSPS) is 15.7. The molecule has 0 spiro atoms. The van der Waals surface area contributed by atoms with Gasteiger partial charge in [-0.2, -0.15) is 0 Å². The molecule has 1 aliphatic heterocycles. The molecule has 1 heterocycles. The number of benzene rings is 1. The van der Waals surface area contributed by atoms with Gasteiger partial charge in [-0.25, -0.2) is 4.39 Å². The predicted molar refractivity (Wildman–Crippen MR) is 71.2 cm³/mol. The summed E-state index contributed by atoms with van der Waals surface area (Å²) in [5.74, 6) is 4.53. The number of carbonyl (C=O) groups excluding carboxylic acids is 1. The Morgan fingerprint density at radius 3 is 2.89 bits per heavy atom. The summed E-state index contributed by atoms with van der Waals surface area (Å²) < 4.78 is 13.8. The van der Waals surface area contributed by atoms with E-state index >= 15 is 0 Å². The van der Waals surface area contributed by atoms with E-state index in [0.717, 1.165) is 19.3 Å². The van der Waals surface area contributed by atoms with Crippen molar-refractivity contribution in [3.05, 3.63) is 29.6 Å². The summed E-state index contributed by atoms with van der Waals surface area (Å²) in [6.45, 7) is 0.339. The Morgan fingerprint density at radius 2 is 2.16 bits per heavy atom. The lowest BCUT2D eigenvalue weighted by atomic mass is 10.1. The van der Waals surface area contributed by atoms with E-state index in [0.29, 0.717) is 18.7 Å². The van der Waals surface area contributed by atoms with Crippen molar-refractivity contribution in [3.8, 4) is 11.8 Å². The van der Waals surface area contributed by atoms with Crippen LogP contribution in [-0.2, 0) is 4.79 Å². The largest absolute Gasteiger partial charge is 0.384 e. The van der Waals surface area contributed by atoms with Crippen molar-refractivity contribution in [1.29, 1.82) is 0 Å². The van der Waals surface area contributed by atoms with Crippen molar-refractivity contribution >= 4 is 11.6 Å². The predicted octanol–water partition coefficient (Wildman–Crippen LogP) is 2.08. The molecule has 0 aromatic heterocycles. The summed E-state index contributed by atoms with van der Waals surface area (Å²) in [5, 5.41) is 8.59. The number of nitrogens with zero attached hydrogens (tertiary/aromatic N) is 1. The molecule has 1 aromatic rings. The van der Waals surface area contributed by atoms with Crippen LogP contribution in [0.4, 0.5) is 10.1 Å². The van der Waals surface area contributed by atoms with Crippen LogP contribution >= 0.6 is 0 Å². The Morgan fingerprint density at radius 1 is 1.32 bits per heavy atom. The molecule has 1 N–H and O–H groups in total. The van der Waals surface area contributed by atoms with Gasteiger partial charge in [0.05, 0.1) is 5.56 Å². The molecule has 0 bridgehead atoms. The minimum absolute atomic E-state index is 0.0473. The molecule has 3 nitrogen and oxygen atoms in total. The maximum absolute atomic E-state index is 13.8. The highest BCUT2D eigenvalue weighted by Crippen LogP contribution is 2.22. The summed E-state index contributed by atoms with van der Waals surface area (Å²) in [6, 6.07) is 4.59. The Hall–Kier alpha value is -1.86. The number of rotatable bonds is 1. The van der Waals surface area contributed by atoms with E-state index in [1.165, 1.54) is 6.07 Å². The molecular weight excluding hydrogens is 245 g/mol. The number of amides is 1. The first-order valence-corrected chi connectivity index (χ1v) is 6.42. The first-order valence-electron chi connectivity index (χ1n) is 6.42. The fourth-order valence-corrected chi connectivity index (χ4v) is 2.16. The van der Waals surface area contributed by atoms with Crippen LogP contribution in [0.1, 0.15) is 31.2 Å². The minimum atomic E-state index is -0.463. The Kier molecular flexibility index (Phi) is 4.53. The molecule has 100 valence electrons. The van der Waals surface area contributed by atoms with Gasteiger partial charge in [0.2, 0.25) is 5.91 Å². The van der Waals surface area contributed by atoms with Crippen LogP contribution in [0.25, 0.3) is 0 Å². The van der Waals surface area contributed by atoms with Crippen LogP contribution in [0.3, 0.4) is 0 Å². The average molecular weight is 261 g/mol. The van der Waals surface area contributed by atoms with Gasteiger partial charge in [-0.3, -0.25) is 4.79 Å². The monoisotopic (exact) mass is 261 g/mol. The topological polar surface area (TPSA) is 40.5 Å². The second-order valence-electron chi connectivity index (χ2n) is 4.48. The molecule has 1 aliphatic rings. The summed E-state index contributed by atoms with van der Waals surface area (Å²) in [5.41, 5.74) is 0.819. The lowest BCUT2D eigenvalue weighted by Gasteiger charge is -2.20. The van der Waals surface area contributed by atoms with Crippen molar-refractivity contribution < 1.29 is 14.3 Å². The molecule has 1 aromatic carbocycles. The molecule has 2 rings (SSSR count). The number of carbonyl (C=O) groups is 1. The molecule has 0 radical (unpaired) electrons. The highest BCUT2D eigenvalue weighted by molar-refractivity contribution is 5.93. The zero-order valence-corrected chi connectivity index (χ0v) is 10.7. The van der Waals surface area contributed by atoms with Gasteiger partial charge < -0.3 is 10.0 Å². The number of aliphatic hydroxyl groups excluding tert-OH is 1. The van der Waals surface area contributed by atoms with E-state index < -0.39 is 5.82 Å². The molecule has 0 aliphatic carbocycles. The SMILES string of the molecule is O=C1CCCCCN1c1ccc(C#CCO)c(F)c1. The molecule has 0 unspecified atom stereocenters. The third-order valence-corrected chi connectivity index (χ3v) is 3.14. The molecule has 4 heteroatoms. The number of halogens is 1. The smallest absolute Gasteiger partial charge is 0.226 e. The highest BCUT2D eigenvalue weighted by Gasteiger charge is 2.18. The average Bonchev–Trinajstić information content (AvgIpc) is 2.62. The Bertz CT molecular complexity index is 531. The van der Waals surface area contributed by atoms with Gasteiger partial charge in [-0.05, 0) is 31.0 Å². The Balaban J connectivity index is 2.25. The first kappa shape index (κ1) is 13.6. The van der Waals surface area contributed by atoms with E-state index in [1.807, 2.05) is 0 Å². The van der Waals surface area contributed by atoms with Crippen molar-refractivity contribution in [2.75, 3.05) is 18.1 Å². The molecule has 1 amide bonds. The van der Waals surface area contributed by atoms with Gasteiger partial charge in [0.1, 0.15) is 12.4 Å². The number of hydrogen-bond acceptors (Lipinski definition) is 2.